The largest absolute Gasteiger partial charge is 0.391 e. The molecule has 1 saturated heterocycles. The number of amides is 2. The van der Waals surface area contributed by atoms with Crippen molar-refractivity contribution >= 4 is 21.8 Å². The second kappa shape index (κ2) is 6.40. The first kappa shape index (κ1) is 17.8. The fraction of sp³-hybridized carbons (Fsp3) is 0.500. The number of nitrogens with zero attached hydrogens (tertiary/aromatic N) is 1. The van der Waals surface area contributed by atoms with E-state index in [9.17, 15) is 23.1 Å². The van der Waals surface area contributed by atoms with Gasteiger partial charge in [-0.3, -0.25) is 9.59 Å². The topological polar surface area (TPSA) is 116 Å². The minimum Gasteiger partial charge on any atom is -0.391 e. The number of nitrogens with one attached hydrogen (secondary N) is 2. The molecular formula is C16H21N3O5S. The van der Waals surface area contributed by atoms with Gasteiger partial charge in [0.05, 0.1) is 11.7 Å². The Labute approximate surface area is 146 Å². The molecule has 0 aromatic heterocycles. The Morgan fingerprint density at radius 3 is 2.72 bits per heavy atom. The number of benzene rings is 1. The predicted octanol–water partition coefficient (Wildman–Crippen LogP) is -0.450. The van der Waals surface area contributed by atoms with Crippen LogP contribution >= 0.6 is 0 Å². The highest BCUT2D eigenvalue weighted by atomic mass is 32.2. The van der Waals surface area contributed by atoms with E-state index < -0.39 is 34.0 Å². The van der Waals surface area contributed by atoms with Crippen LogP contribution in [0.15, 0.2) is 23.1 Å². The molecule has 2 heterocycles. The molecule has 2 aliphatic rings. The van der Waals surface area contributed by atoms with Crippen molar-refractivity contribution < 1.29 is 23.1 Å². The third-order valence-electron chi connectivity index (χ3n) is 4.51. The highest BCUT2D eigenvalue weighted by Gasteiger charge is 2.43. The zero-order valence-corrected chi connectivity index (χ0v) is 14.8. The summed E-state index contributed by atoms with van der Waals surface area (Å²) in [6, 6.07) is 3.55. The van der Waals surface area contributed by atoms with E-state index in [0.717, 1.165) is 4.31 Å². The number of rotatable bonds is 4. The van der Waals surface area contributed by atoms with Gasteiger partial charge in [-0.1, -0.05) is 0 Å². The third-order valence-corrected chi connectivity index (χ3v) is 6.51. The lowest BCUT2D eigenvalue weighted by atomic mass is 10.1. The minimum absolute atomic E-state index is 0.0832. The maximum absolute atomic E-state index is 12.6. The molecule has 1 fully saturated rings. The second-order valence-corrected chi connectivity index (χ2v) is 8.39. The lowest BCUT2D eigenvalue weighted by Gasteiger charge is -2.18. The number of aliphatic hydroxyl groups is 1. The molecule has 0 radical (unpaired) electrons. The summed E-state index contributed by atoms with van der Waals surface area (Å²) >= 11 is 0. The first-order valence-electron chi connectivity index (χ1n) is 8.13. The highest BCUT2D eigenvalue weighted by Crippen LogP contribution is 2.32. The number of sulfonamides is 1. The number of carbonyl (C=O) groups is 2. The zero-order valence-electron chi connectivity index (χ0n) is 14.0. The number of hydrogen-bond acceptors (Lipinski definition) is 6. The van der Waals surface area contributed by atoms with Crippen LogP contribution in [0.4, 0.5) is 0 Å². The van der Waals surface area contributed by atoms with Crippen molar-refractivity contribution in [3.63, 3.8) is 0 Å². The number of carbonyl (C=O) groups excluding carboxylic acids is 2. The smallest absolute Gasteiger partial charge is 0.269 e. The second-order valence-electron chi connectivity index (χ2n) is 6.61. The maximum Gasteiger partial charge on any atom is 0.269 e. The molecule has 2 unspecified atom stereocenters. The predicted molar refractivity (Wildman–Crippen MR) is 89.6 cm³/mol. The van der Waals surface area contributed by atoms with Crippen LogP contribution in [-0.4, -0.2) is 61.4 Å². The van der Waals surface area contributed by atoms with E-state index in [4.69, 9.17) is 0 Å². The van der Waals surface area contributed by atoms with Gasteiger partial charge in [-0.2, -0.15) is 0 Å². The summed E-state index contributed by atoms with van der Waals surface area (Å²) in [6.07, 6.45) is -0.516. The standard InChI is InChI=1S/C16H21N3O5S/c1-9(2)19-16(22)12-4-3-10(5-14(12)25(19,23)24)15(21)18-7-11-6-17-8-13(11)20/h3-5,9,11,13,17,20H,6-8H2,1-2H3,(H,18,21). The van der Waals surface area contributed by atoms with E-state index in [0.29, 0.717) is 13.1 Å². The maximum atomic E-state index is 12.6. The number of aliphatic hydroxyl groups excluding tert-OH is 1. The molecule has 9 heteroatoms. The van der Waals surface area contributed by atoms with Crippen LogP contribution in [0, 0.1) is 5.92 Å². The van der Waals surface area contributed by atoms with Gasteiger partial charge < -0.3 is 15.7 Å². The lowest BCUT2D eigenvalue weighted by Crippen LogP contribution is -2.36. The van der Waals surface area contributed by atoms with Crippen LogP contribution in [-0.2, 0) is 10.0 Å². The fourth-order valence-electron chi connectivity index (χ4n) is 3.15. The van der Waals surface area contributed by atoms with Gasteiger partial charge in [-0.25, -0.2) is 12.7 Å². The summed E-state index contributed by atoms with van der Waals surface area (Å²) in [6.45, 7) is 4.63. The molecule has 136 valence electrons. The van der Waals surface area contributed by atoms with Crippen LogP contribution < -0.4 is 10.6 Å². The summed E-state index contributed by atoms with van der Waals surface area (Å²) in [4.78, 5) is 24.5. The zero-order chi connectivity index (χ0) is 18.4. The van der Waals surface area contributed by atoms with Gasteiger partial charge in [-0.05, 0) is 32.0 Å². The van der Waals surface area contributed by atoms with E-state index in [1.165, 1.54) is 18.2 Å². The molecule has 0 bridgehead atoms. The molecule has 3 rings (SSSR count). The van der Waals surface area contributed by atoms with Crippen LogP contribution in [0.25, 0.3) is 0 Å². The van der Waals surface area contributed by atoms with Crippen molar-refractivity contribution in [3.8, 4) is 0 Å². The monoisotopic (exact) mass is 367 g/mol. The molecule has 0 spiro atoms. The number of hydrogen-bond donors (Lipinski definition) is 3. The van der Waals surface area contributed by atoms with Gasteiger partial charge in [0.15, 0.2) is 0 Å². The highest BCUT2D eigenvalue weighted by molar-refractivity contribution is 7.90. The summed E-state index contributed by atoms with van der Waals surface area (Å²) in [5.41, 5.74) is 0.252. The van der Waals surface area contributed by atoms with Gasteiger partial charge >= 0.3 is 0 Å². The Bertz CT molecular complexity index is 821. The molecule has 1 aromatic carbocycles. The van der Waals surface area contributed by atoms with E-state index in [2.05, 4.69) is 10.6 Å². The van der Waals surface area contributed by atoms with Crippen molar-refractivity contribution in [1.82, 2.24) is 14.9 Å². The van der Waals surface area contributed by atoms with Crippen LogP contribution in [0.1, 0.15) is 34.6 Å². The summed E-state index contributed by atoms with van der Waals surface area (Å²) < 4.78 is 25.9. The average Bonchev–Trinajstić information content (AvgIpc) is 3.04. The van der Waals surface area contributed by atoms with Gasteiger partial charge in [0.2, 0.25) is 0 Å². The quantitative estimate of drug-likeness (QED) is 0.664. The Morgan fingerprint density at radius 1 is 1.40 bits per heavy atom. The van der Waals surface area contributed by atoms with Crippen LogP contribution in [0.5, 0.6) is 0 Å². The van der Waals surface area contributed by atoms with Crippen LogP contribution in [0.3, 0.4) is 0 Å². The van der Waals surface area contributed by atoms with Crippen molar-refractivity contribution in [2.45, 2.75) is 30.9 Å². The molecule has 1 aromatic rings. The van der Waals surface area contributed by atoms with Crippen LogP contribution in [0.2, 0.25) is 0 Å². The van der Waals surface area contributed by atoms with Crippen molar-refractivity contribution in [2.24, 2.45) is 5.92 Å². The van der Waals surface area contributed by atoms with Crippen molar-refractivity contribution in [2.75, 3.05) is 19.6 Å². The van der Waals surface area contributed by atoms with E-state index >= 15 is 0 Å². The van der Waals surface area contributed by atoms with E-state index in [1.807, 2.05) is 0 Å². The first-order chi connectivity index (χ1) is 11.7. The molecule has 3 N–H and O–H groups in total. The Balaban J connectivity index is 1.81. The molecule has 2 aliphatic heterocycles. The molecule has 2 amide bonds. The van der Waals surface area contributed by atoms with E-state index in [1.54, 1.807) is 13.8 Å². The molecule has 0 saturated carbocycles. The number of β-amino-alcohol motifs (C(OH)–C–C–N with tert-alkyl or cyclic N) is 1. The SMILES string of the molecule is CC(C)N1C(=O)c2ccc(C(=O)NCC3CNCC3O)cc2S1(=O)=O. The molecule has 8 nitrogen and oxygen atoms in total. The third kappa shape index (κ3) is 3.03. The summed E-state index contributed by atoms with van der Waals surface area (Å²) in [7, 11) is -3.94. The van der Waals surface area contributed by atoms with Crippen molar-refractivity contribution in [3.05, 3.63) is 29.3 Å². The average molecular weight is 367 g/mol. The normalized spacial score (nSPS) is 24.6. The summed E-state index contributed by atoms with van der Waals surface area (Å²) in [5.74, 6) is -1.09. The van der Waals surface area contributed by atoms with Gasteiger partial charge in [0.1, 0.15) is 4.90 Å². The fourth-order valence-corrected chi connectivity index (χ4v) is 4.95. The minimum atomic E-state index is -3.94. The molecular weight excluding hydrogens is 346 g/mol. The van der Waals surface area contributed by atoms with Crippen molar-refractivity contribution in [1.29, 1.82) is 0 Å². The number of fused-ring (bicyclic) bond motifs is 1. The Kier molecular flexibility index (Phi) is 4.56. The molecule has 2 atom stereocenters. The lowest BCUT2D eigenvalue weighted by molar-refractivity contribution is 0.0844. The van der Waals surface area contributed by atoms with Gasteiger partial charge in [-0.15, -0.1) is 0 Å². The van der Waals surface area contributed by atoms with E-state index in [-0.39, 0.29) is 28.5 Å². The summed E-state index contributed by atoms with van der Waals surface area (Å²) in [5, 5.41) is 15.5. The molecule has 25 heavy (non-hydrogen) atoms. The Hall–Kier alpha value is -1.97. The van der Waals surface area contributed by atoms with Gasteiger partial charge in [0.25, 0.3) is 21.8 Å². The Morgan fingerprint density at radius 2 is 2.12 bits per heavy atom. The first-order valence-corrected chi connectivity index (χ1v) is 9.57. The molecule has 0 aliphatic carbocycles. The van der Waals surface area contributed by atoms with Gasteiger partial charge in [0, 0.05) is 37.2 Å².